The van der Waals surface area contributed by atoms with Crippen molar-refractivity contribution in [2.75, 3.05) is 50.7 Å². The van der Waals surface area contributed by atoms with Crippen molar-refractivity contribution in [3.63, 3.8) is 0 Å². The fourth-order valence-corrected chi connectivity index (χ4v) is 5.77. The zero-order valence-corrected chi connectivity index (χ0v) is 26.9. The molecule has 0 unspecified atom stereocenters. The van der Waals surface area contributed by atoms with Crippen LogP contribution in [0.3, 0.4) is 0 Å². The van der Waals surface area contributed by atoms with Crippen LogP contribution in [-0.4, -0.2) is 55.6 Å². The number of hydrogen-bond acceptors (Lipinski definition) is 7. The fraction of sp³-hybridized carbons (Fsp3) is 0.657. The zero-order chi connectivity index (χ0) is 30.5. The molecule has 0 aromatic heterocycles. The van der Waals surface area contributed by atoms with Gasteiger partial charge in [-0.3, -0.25) is 10.1 Å². The van der Waals surface area contributed by atoms with Gasteiger partial charge >= 0.3 is 0 Å². The summed E-state index contributed by atoms with van der Waals surface area (Å²) in [5, 5.41) is 23.9. The quantitative estimate of drug-likeness (QED) is 0.0637. The van der Waals surface area contributed by atoms with Crippen molar-refractivity contribution in [2.45, 2.75) is 104 Å². The third-order valence-electron chi connectivity index (χ3n) is 8.44. The first-order valence-electron chi connectivity index (χ1n) is 17.1. The monoisotopic (exact) mass is 592 g/mol. The Bertz CT molecular complexity index is 1050. The van der Waals surface area contributed by atoms with E-state index in [1.165, 1.54) is 82.7 Å². The number of nitro benzene ring substituents is 1. The van der Waals surface area contributed by atoms with Crippen molar-refractivity contribution in [1.29, 1.82) is 0 Å². The highest BCUT2D eigenvalue weighted by Crippen LogP contribution is 2.31. The van der Waals surface area contributed by atoms with Crippen LogP contribution in [0.5, 0.6) is 0 Å². The molecule has 0 saturated carbocycles. The number of unbranched alkanes of at least 4 members (excludes halogenated alkanes) is 10. The maximum atomic E-state index is 11.8. The molecule has 1 heterocycles. The molecule has 0 atom stereocenters. The number of aryl methyl sites for hydroxylation is 1. The molecule has 1 fully saturated rings. The molecular weight excluding hydrogens is 536 g/mol. The van der Waals surface area contributed by atoms with Gasteiger partial charge in [0.2, 0.25) is 0 Å². The molecular formula is C35H56N6O2. The average molecular weight is 593 g/mol. The van der Waals surface area contributed by atoms with Crippen LogP contribution in [0.15, 0.2) is 52.7 Å². The number of anilines is 1. The molecule has 1 aliphatic heterocycles. The molecule has 0 amide bonds. The van der Waals surface area contributed by atoms with Gasteiger partial charge in [-0.15, -0.1) is 5.11 Å². The molecule has 2 aromatic rings. The van der Waals surface area contributed by atoms with E-state index in [2.05, 4.69) is 51.3 Å². The molecule has 0 radical (unpaired) electrons. The summed E-state index contributed by atoms with van der Waals surface area (Å²) in [5.74, 6) is 0. The van der Waals surface area contributed by atoms with Crippen LogP contribution in [0.4, 0.5) is 22.7 Å². The second-order valence-electron chi connectivity index (χ2n) is 12.0. The second kappa shape index (κ2) is 21.0. The minimum Gasteiger partial charge on any atom is -0.372 e. The molecule has 1 N–H and O–H groups in total. The lowest BCUT2D eigenvalue weighted by atomic mass is 10.1. The normalized spacial score (nSPS) is 14.0. The Morgan fingerprint density at radius 2 is 1.40 bits per heavy atom. The van der Waals surface area contributed by atoms with Gasteiger partial charge in [0.05, 0.1) is 10.6 Å². The number of piperazine rings is 1. The summed E-state index contributed by atoms with van der Waals surface area (Å²) in [6.07, 6.45) is 17.4. The lowest BCUT2D eigenvalue weighted by Gasteiger charge is -2.27. The van der Waals surface area contributed by atoms with Crippen LogP contribution in [0.1, 0.15) is 103 Å². The van der Waals surface area contributed by atoms with Gasteiger partial charge in [-0.25, -0.2) is 0 Å². The van der Waals surface area contributed by atoms with Crippen LogP contribution in [0.25, 0.3) is 0 Å². The van der Waals surface area contributed by atoms with Gasteiger partial charge < -0.3 is 15.1 Å². The van der Waals surface area contributed by atoms with E-state index in [0.717, 1.165) is 64.2 Å². The predicted octanol–water partition coefficient (Wildman–Crippen LogP) is 9.38. The van der Waals surface area contributed by atoms with Gasteiger partial charge in [0.1, 0.15) is 0 Å². The van der Waals surface area contributed by atoms with E-state index in [4.69, 9.17) is 0 Å². The Balaban J connectivity index is 1.57. The summed E-state index contributed by atoms with van der Waals surface area (Å²) < 4.78 is 0. The summed E-state index contributed by atoms with van der Waals surface area (Å²) >= 11 is 0. The van der Waals surface area contributed by atoms with Gasteiger partial charge in [0.25, 0.3) is 5.69 Å². The second-order valence-corrected chi connectivity index (χ2v) is 12.0. The molecule has 1 aliphatic rings. The lowest BCUT2D eigenvalue weighted by Crippen LogP contribution is -2.43. The smallest absolute Gasteiger partial charge is 0.296 e. The summed E-state index contributed by atoms with van der Waals surface area (Å²) in [6, 6.07) is 13.5. The SMILES string of the molecule is CCCCCCCCN(CCCCCCCC)c1ccc(N=Nc2ccc(CCCN3CCNCC3)cc2[N+](=O)[O-])cc1. The van der Waals surface area contributed by atoms with Gasteiger partial charge in [0, 0.05) is 51.0 Å². The topological polar surface area (TPSA) is 86.4 Å². The van der Waals surface area contributed by atoms with Crippen molar-refractivity contribution >= 4 is 22.7 Å². The minimum absolute atomic E-state index is 0.0177. The molecule has 2 aromatic carbocycles. The maximum Gasteiger partial charge on any atom is 0.296 e. The van der Waals surface area contributed by atoms with E-state index < -0.39 is 0 Å². The van der Waals surface area contributed by atoms with Crippen molar-refractivity contribution in [3.05, 3.63) is 58.1 Å². The number of benzene rings is 2. The number of nitrogens with zero attached hydrogens (tertiary/aromatic N) is 5. The summed E-state index contributed by atoms with van der Waals surface area (Å²) in [7, 11) is 0. The van der Waals surface area contributed by atoms with Crippen molar-refractivity contribution in [2.24, 2.45) is 10.2 Å². The first kappa shape index (κ1) is 34.6. The van der Waals surface area contributed by atoms with E-state index in [0.29, 0.717) is 11.4 Å². The maximum absolute atomic E-state index is 11.8. The van der Waals surface area contributed by atoms with Gasteiger partial charge in [-0.1, -0.05) is 84.1 Å². The summed E-state index contributed by atoms with van der Waals surface area (Å²) in [5.41, 5.74) is 3.21. The Morgan fingerprint density at radius 1 is 0.791 bits per heavy atom. The highest BCUT2D eigenvalue weighted by molar-refractivity contribution is 5.59. The van der Waals surface area contributed by atoms with Crippen molar-refractivity contribution in [3.8, 4) is 0 Å². The van der Waals surface area contributed by atoms with Crippen LogP contribution < -0.4 is 10.2 Å². The highest BCUT2D eigenvalue weighted by Gasteiger charge is 2.15. The molecule has 3 rings (SSSR count). The van der Waals surface area contributed by atoms with E-state index in [1.807, 2.05) is 18.2 Å². The van der Waals surface area contributed by atoms with Gasteiger partial charge in [-0.05, 0) is 68.1 Å². The molecule has 0 spiro atoms. The Kier molecular flexibility index (Phi) is 16.9. The van der Waals surface area contributed by atoms with Crippen LogP contribution in [0.2, 0.25) is 0 Å². The van der Waals surface area contributed by atoms with Crippen LogP contribution in [0, 0.1) is 10.1 Å². The average Bonchev–Trinajstić information content (AvgIpc) is 3.03. The van der Waals surface area contributed by atoms with E-state index >= 15 is 0 Å². The predicted molar refractivity (Wildman–Crippen MR) is 180 cm³/mol. The molecule has 8 nitrogen and oxygen atoms in total. The minimum atomic E-state index is -0.348. The van der Waals surface area contributed by atoms with Gasteiger partial charge in [0.15, 0.2) is 5.69 Å². The Hall–Kier alpha value is -2.84. The van der Waals surface area contributed by atoms with Crippen LogP contribution >= 0.6 is 0 Å². The summed E-state index contributed by atoms with van der Waals surface area (Å²) in [6.45, 7) is 11.9. The first-order chi connectivity index (χ1) is 21.1. The van der Waals surface area contributed by atoms with Crippen molar-refractivity contribution < 1.29 is 4.92 Å². The highest BCUT2D eigenvalue weighted by atomic mass is 16.6. The molecule has 8 heteroatoms. The number of nitrogens with one attached hydrogen (secondary N) is 1. The zero-order valence-electron chi connectivity index (χ0n) is 26.9. The fourth-order valence-electron chi connectivity index (χ4n) is 5.77. The number of azo groups is 1. The standard InChI is InChI=1S/C35H56N6O2/c1-3-5-7-9-11-13-26-40(27-14-12-10-8-6-4-2)33-20-18-32(19-21-33)37-38-34-22-17-31(30-35(34)41(42)43)16-15-25-39-28-23-36-24-29-39/h17-22,30,36H,3-16,23-29H2,1-2H3. The third-order valence-corrected chi connectivity index (χ3v) is 8.44. The number of nitro groups is 1. The number of rotatable bonds is 22. The van der Waals surface area contributed by atoms with E-state index in [9.17, 15) is 10.1 Å². The first-order valence-corrected chi connectivity index (χ1v) is 17.1. The van der Waals surface area contributed by atoms with Crippen molar-refractivity contribution in [1.82, 2.24) is 10.2 Å². The lowest BCUT2D eigenvalue weighted by molar-refractivity contribution is -0.384. The molecule has 43 heavy (non-hydrogen) atoms. The largest absolute Gasteiger partial charge is 0.372 e. The van der Waals surface area contributed by atoms with Crippen LogP contribution in [-0.2, 0) is 6.42 Å². The summed E-state index contributed by atoms with van der Waals surface area (Å²) in [4.78, 5) is 16.4. The Morgan fingerprint density at radius 3 is 2.00 bits per heavy atom. The van der Waals surface area contributed by atoms with E-state index in [1.54, 1.807) is 12.1 Å². The van der Waals surface area contributed by atoms with E-state index in [-0.39, 0.29) is 10.6 Å². The molecule has 1 saturated heterocycles. The van der Waals surface area contributed by atoms with Gasteiger partial charge in [-0.2, -0.15) is 5.11 Å². The Labute approximate surface area is 260 Å². The molecule has 0 bridgehead atoms. The third kappa shape index (κ3) is 13.6. The molecule has 238 valence electrons. The molecule has 0 aliphatic carbocycles. The number of hydrogen-bond donors (Lipinski definition) is 1.